The van der Waals surface area contributed by atoms with Gasteiger partial charge in [0.25, 0.3) is 0 Å². The molecular weight excluding hydrogens is 518 g/mol. The summed E-state index contributed by atoms with van der Waals surface area (Å²) in [6, 6.07) is 8.14. The molecule has 0 saturated heterocycles. The second-order valence-corrected chi connectivity index (χ2v) is 10.1. The molecule has 0 saturated carbocycles. The lowest BCUT2D eigenvalue weighted by Gasteiger charge is -2.36. The van der Waals surface area contributed by atoms with Crippen LogP contribution in [0.1, 0.15) is 49.1 Å². The first-order valence-electron chi connectivity index (χ1n) is 12.6. The summed E-state index contributed by atoms with van der Waals surface area (Å²) in [6.07, 6.45) is -4.46. The monoisotopic (exact) mass is 547 g/mol. The Bertz CT molecular complexity index is 1420. The van der Waals surface area contributed by atoms with Crippen molar-refractivity contribution in [3.8, 4) is 0 Å². The SMILES string of the molecule is CCC(C)[C@H](NC(=O)Cc1cccc(F)c1)C(=O)N[C@]1(C(=O)O)CCc2[nH]c3c(C(F)(F)F)cccc3c2C1. The summed E-state index contributed by atoms with van der Waals surface area (Å²) in [4.78, 5) is 41.5. The molecule has 208 valence electrons. The number of rotatable bonds is 8. The molecule has 4 rings (SSSR count). The molecule has 3 atom stereocenters. The first kappa shape index (κ1) is 28.1. The molecule has 4 N–H and O–H groups in total. The Morgan fingerprint density at radius 2 is 1.87 bits per heavy atom. The maximum Gasteiger partial charge on any atom is 0.418 e. The third kappa shape index (κ3) is 5.76. The van der Waals surface area contributed by atoms with E-state index in [-0.39, 0.29) is 42.5 Å². The first-order chi connectivity index (χ1) is 18.3. The number of hydrogen-bond donors (Lipinski definition) is 4. The molecule has 1 aliphatic rings. The molecule has 1 heterocycles. The number of carboxylic acids is 1. The topological polar surface area (TPSA) is 111 Å². The van der Waals surface area contributed by atoms with Crippen LogP contribution in [-0.4, -0.2) is 39.5 Å². The van der Waals surface area contributed by atoms with E-state index in [1.54, 1.807) is 13.0 Å². The maximum atomic E-state index is 13.6. The van der Waals surface area contributed by atoms with E-state index >= 15 is 0 Å². The fourth-order valence-corrected chi connectivity index (χ4v) is 5.12. The van der Waals surface area contributed by atoms with Crippen LogP contribution >= 0.6 is 0 Å². The van der Waals surface area contributed by atoms with Crippen molar-refractivity contribution in [3.05, 3.63) is 70.7 Å². The fraction of sp³-hybridized carbons (Fsp3) is 0.393. The molecule has 0 fully saturated rings. The number of carboxylic acid groups (broad SMARTS) is 1. The smallest absolute Gasteiger partial charge is 0.418 e. The number of benzene rings is 2. The highest BCUT2D eigenvalue weighted by Crippen LogP contribution is 2.40. The summed E-state index contributed by atoms with van der Waals surface area (Å²) in [5.74, 6) is -3.44. The predicted molar refractivity (Wildman–Crippen MR) is 135 cm³/mol. The average Bonchev–Trinajstić information content (AvgIpc) is 3.23. The maximum absolute atomic E-state index is 13.6. The molecule has 0 spiro atoms. The summed E-state index contributed by atoms with van der Waals surface area (Å²) in [7, 11) is 0. The number of aryl methyl sites for hydroxylation is 1. The first-order valence-corrected chi connectivity index (χ1v) is 12.6. The van der Waals surface area contributed by atoms with Crippen LogP contribution in [0.15, 0.2) is 42.5 Å². The number of aromatic nitrogens is 1. The lowest BCUT2D eigenvalue weighted by atomic mass is 9.79. The molecule has 2 amide bonds. The summed E-state index contributed by atoms with van der Waals surface area (Å²) >= 11 is 0. The molecular formula is C28H29F4N3O4. The molecule has 1 aliphatic carbocycles. The van der Waals surface area contributed by atoms with E-state index in [4.69, 9.17) is 0 Å². The van der Waals surface area contributed by atoms with Gasteiger partial charge in [0.05, 0.1) is 17.5 Å². The van der Waals surface area contributed by atoms with Crippen molar-refractivity contribution in [2.75, 3.05) is 0 Å². The Balaban J connectivity index is 1.60. The van der Waals surface area contributed by atoms with E-state index in [9.17, 15) is 37.1 Å². The van der Waals surface area contributed by atoms with Crippen LogP contribution in [-0.2, 0) is 39.8 Å². The molecule has 0 aliphatic heterocycles. The van der Waals surface area contributed by atoms with Crippen LogP contribution in [0.5, 0.6) is 0 Å². The Morgan fingerprint density at radius 1 is 1.15 bits per heavy atom. The lowest BCUT2D eigenvalue weighted by Crippen LogP contribution is -2.62. The van der Waals surface area contributed by atoms with Gasteiger partial charge in [-0.25, -0.2) is 9.18 Å². The quantitative estimate of drug-likeness (QED) is 0.311. The van der Waals surface area contributed by atoms with Gasteiger partial charge in [0.2, 0.25) is 11.8 Å². The molecule has 0 bridgehead atoms. The van der Waals surface area contributed by atoms with Gasteiger partial charge < -0.3 is 20.7 Å². The van der Waals surface area contributed by atoms with Gasteiger partial charge in [0.15, 0.2) is 0 Å². The van der Waals surface area contributed by atoms with E-state index in [1.165, 1.54) is 30.3 Å². The summed E-state index contributed by atoms with van der Waals surface area (Å²) < 4.78 is 54.2. The van der Waals surface area contributed by atoms with Gasteiger partial charge in [0.1, 0.15) is 17.4 Å². The third-order valence-electron chi connectivity index (χ3n) is 7.45. The second-order valence-electron chi connectivity index (χ2n) is 10.1. The van der Waals surface area contributed by atoms with Crippen molar-refractivity contribution < 1.29 is 37.1 Å². The van der Waals surface area contributed by atoms with E-state index < -0.39 is 46.9 Å². The van der Waals surface area contributed by atoms with Gasteiger partial charge >= 0.3 is 12.1 Å². The van der Waals surface area contributed by atoms with Crippen molar-refractivity contribution in [2.24, 2.45) is 5.92 Å². The standard InChI is InChI=1S/C28H29F4N3O4/c1-3-15(2)23(34-22(36)13-16-6-4-7-17(29)12-16)25(37)35-27(26(38)39)11-10-21-19(14-27)18-8-5-9-20(24(18)33-21)28(30,31)32/h4-9,12,15,23,33H,3,10-11,13-14H2,1-2H3,(H,34,36)(H,35,37)(H,38,39)/t15?,23-,27+/m0/s1. The molecule has 3 aromatic rings. The lowest BCUT2D eigenvalue weighted by molar-refractivity contribution is -0.149. The number of aliphatic carboxylic acids is 1. The Hall–Kier alpha value is -3.89. The van der Waals surface area contributed by atoms with Gasteiger partial charge in [-0.2, -0.15) is 13.2 Å². The van der Waals surface area contributed by atoms with Crippen molar-refractivity contribution in [1.29, 1.82) is 0 Å². The van der Waals surface area contributed by atoms with Crippen molar-refractivity contribution >= 4 is 28.7 Å². The van der Waals surface area contributed by atoms with Crippen LogP contribution in [0.3, 0.4) is 0 Å². The minimum absolute atomic E-state index is 0.0558. The molecule has 39 heavy (non-hydrogen) atoms. The minimum Gasteiger partial charge on any atom is -0.479 e. The van der Waals surface area contributed by atoms with Crippen LogP contribution in [0.4, 0.5) is 17.6 Å². The number of alkyl halides is 3. The minimum atomic E-state index is -4.60. The number of H-pyrrole nitrogens is 1. The number of aromatic amines is 1. The van der Waals surface area contributed by atoms with E-state index in [0.717, 1.165) is 6.07 Å². The Labute approximate surface area is 222 Å². The predicted octanol–water partition coefficient (Wildman–Crippen LogP) is 4.53. The highest BCUT2D eigenvalue weighted by Gasteiger charge is 2.46. The molecule has 1 aromatic heterocycles. The third-order valence-corrected chi connectivity index (χ3v) is 7.45. The van der Waals surface area contributed by atoms with Gasteiger partial charge in [-0.15, -0.1) is 0 Å². The zero-order chi connectivity index (χ0) is 28.5. The van der Waals surface area contributed by atoms with Crippen molar-refractivity contribution in [2.45, 2.75) is 63.7 Å². The van der Waals surface area contributed by atoms with Gasteiger partial charge in [-0.3, -0.25) is 9.59 Å². The molecule has 0 radical (unpaired) electrons. The number of hydrogen-bond acceptors (Lipinski definition) is 3. The second kappa shape index (κ2) is 10.7. The van der Waals surface area contributed by atoms with Gasteiger partial charge in [0, 0.05) is 17.5 Å². The number of para-hydroxylation sites is 1. The summed E-state index contributed by atoms with van der Waals surface area (Å²) in [5.41, 5.74) is -1.45. The molecule has 11 heteroatoms. The Kier molecular flexibility index (Phi) is 7.72. The number of fused-ring (bicyclic) bond motifs is 3. The van der Waals surface area contributed by atoms with E-state index in [1.807, 2.05) is 6.92 Å². The van der Waals surface area contributed by atoms with Crippen molar-refractivity contribution in [3.63, 3.8) is 0 Å². The number of halogens is 4. The van der Waals surface area contributed by atoms with Crippen LogP contribution in [0.25, 0.3) is 10.9 Å². The Morgan fingerprint density at radius 3 is 2.51 bits per heavy atom. The largest absolute Gasteiger partial charge is 0.479 e. The number of nitrogens with one attached hydrogen (secondary N) is 3. The zero-order valence-electron chi connectivity index (χ0n) is 21.4. The highest BCUT2D eigenvalue weighted by atomic mass is 19.4. The number of carbonyl (C=O) groups is 3. The van der Waals surface area contributed by atoms with E-state index in [0.29, 0.717) is 23.2 Å². The molecule has 1 unspecified atom stereocenters. The zero-order valence-corrected chi connectivity index (χ0v) is 21.4. The number of amides is 2. The normalized spacial score (nSPS) is 18.7. The molecule has 7 nitrogen and oxygen atoms in total. The van der Waals surface area contributed by atoms with E-state index in [2.05, 4.69) is 15.6 Å². The summed E-state index contributed by atoms with van der Waals surface area (Å²) in [5, 5.41) is 15.7. The molecule has 2 aromatic carbocycles. The highest BCUT2D eigenvalue weighted by molar-refractivity contribution is 5.94. The average molecular weight is 548 g/mol. The number of carbonyl (C=O) groups excluding carboxylic acids is 2. The van der Waals surface area contributed by atoms with Crippen LogP contribution in [0, 0.1) is 11.7 Å². The van der Waals surface area contributed by atoms with Gasteiger partial charge in [-0.05, 0) is 48.1 Å². The van der Waals surface area contributed by atoms with Crippen LogP contribution in [0.2, 0.25) is 0 Å². The van der Waals surface area contributed by atoms with Crippen LogP contribution < -0.4 is 10.6 Å². The fourth-order valence-electron chi connectivity index (χ4n) is 5.12. The van der Waals surface area contributed by atoms with Gasteiger partial charge in [-0.1, -0.05) is 44.5 Å². The summed E-state index contributed by atoms with van der Waals surface area (Å²) in [6.45, 7) is 3.55. The van der Waals surface area contributed by atoms with Crippen molar-refractivity contribution in [1.82, 2.24) is 15.6 Å².